The van der Waals surface area contributed by atoms with Gasteiger partial charge in [0.25, 0.3) is 13.8 Å². The van der Waals surface area contributed by atoms with Crippen LogP contribution in [0.1, 0.15) is 20.8 Å². The standard InChI is InChI=1S/C10H25O4PSi/c1-7-12-10(13-8-2)15(11,14-9-3)16(4,5)6/h10H,7-9H2,1-6H3. The molecule has 0 radical (unpaired) electrons. The Morgan fingerprint density at radius 2 is 1.44 bits per heavy atom. The van der Waals surface area contributed by atoms with Gasteiger partial charge in [0, 0.05) is 0 Å². The van der Waals surface area contributed by atoms with E-state index in [9.17, 15) is 4.89 Å². The molecule has 98 valence electrons. The zero-order valence-corrected chi connectivity index (χ0v) is 13.2. The van der Waals surface area contributed by atoms with Crippen LogP contribution in [-0.4, -0.2) is 33.6 Å². The lowest BCUT2D eigenvalue weighted by molar-refractivity contribution is -0.219. The summed E-state index contributed by atoms with van der Waals surface area (Å²) in [6, 6.07) is -0.700. The zero-order valence-electron chi connectivity index (χ0n) is 11.3. The SMILES string of the molecule is CCOC(OCC)[P+]([O-])(OCC)[Si](C)(C)C. The predicted octanol–water partition coefficient (Wildman–Crippen LogP) is 2.42. The van der Waals surface area contributed by atoms with Crippen molar-refractivity contribution in [2.24, 2.45) is 0 Å². The molecule has 0 amide bonds. The van der Waals surface area contributed by atoms with Gasteiger partial charge in [-0.15, -0.1) is 0 Å². The van der Waals surface area contributed by atoms with E-state index in [1.54, 1.807) is 0 Å². The first-order valence-electron chi connectivity index (χ1n) is 5.81. The molecule has 1 unspecified atom stereocenters. The van der Waals surface area contributed by atoms with Crippen LogP contribution in [-0.2, 0) is 14.0 Å². The number of hydrogen-bond acceptors (Lipinski definition) is 4. The van der Waals surface area contributed by atoms with Crippen molar-refractivity contribution in [3.8, 4) is 0 Å². The molecule has 0 fully saturated rings. The molecule has 0 saturated heterocycles. The van der Waals surface area contributed by atoms with Crippen LogP contribution in [0.25, 0.3) is 0 Å². The minimum Gasteiger partial charge on any atom is -0.663 e. The van der Waals surface area contributed by atoms with Crippen molar-refractivity contribution < 1.29 is 18.9 Å². The largest absolute Gasteiger partial charge is 0.663 e. The summed E-state index contributed by atoms with van der Waals surface area (Å²) in [6.45, 7) is 13.0. The Bertz CT molecular complexity index is 192. The topological polar surface area (TPSA) is 50.8 Å². The molecule has 0 N–H and O–H groups in total. The third-order valence-electron chi connectivity index (χ3n) is 2.15. The van der Waals surface area contributed by atoms with Gasteiger partial charge in [-0.3, -0.25) is 4.52 Å². The van der Waals surface area contributed by atoms with Gasteiger partial charge in [0.05, 0.1) is 19.8 Å². The lowest BCUT2D eigenvalue weighted by Gasteiger charge is -2.42. The first kappa shape index (κ1) is 16.5. The van der Waals surface area contributed by atoms with Gasteiger partial charge in [-0.1, -0.05) is 0 Å². The predicted molar refractivity (Wildman–Crippen MR) is 68.9 cm³/mol. The maximum atomic E-state index is 12.9. The Labute approximate surface area is 101 Å². The summed E-state index contributed by atoms with van der Waals surface area (Å²) in [5.74, 6) is 0. The molecule has 0 aromatic rings. The monoisotopic (exact) mass is 268 g/mol. The summed E-state index contributed by atoms with van der Waals surface area (Å²) < 4.78 is 16.4. The van der Waals surface area contributed by atoms with E-state index in [2.05, 4.69) is 0 Å². The molecular formula is C10H25O4PSi. The quantitative estimate of drug-likeness (QED) is 0.385. The second kappa shape index (κ2) is 7.04. The second-order valence-corrected chi connectivity index (χ2v) is 16.5. The Kier molecular flexibility index (Phi) is 7.25. The van der Waals surface area contributed by atoms with Crippen LogP contribution >= 0.6 is 7.26 Å². The lowest BCUT2D eigenvalue weighted by atomic mass is 10.9. The molecule has 0 aliphatic rings. The van der Waals surface area contributed by atoms with Gasteiger partial charge >= 0.3 is 0 Å². The van der Waals surface area contributed by atoms with Gasteiger partial charge < -0.3 is 14.4 Å². The molecule has 0 aliphatic carbocycles. The smallest absolute Gasteiger partial charge is 0.283 e. The molecule has 0 aromatic heterocycles. The maximum Gasteiger partial charge on any atom is 0.283 e. The van der Waals surface area contributed by atoms with Crippen LogP contribution < -0.4 is 4.89 Å². The molecule has 1 atom stereocenters. The van der Waals surface area contributed by atoms with Crippen LogP contribution in [0.5, 0.6) is 0 Å². The van der Waals surface area contributed by atoms with Gasteiger partial charge in [-0.05, 0) is 40.4 Å². The van der Waals surface area contributed by atoms with Gasteiger partial charge in [0.2, 0.25) is 0 Å². The minimum absolute atomic E-state index is 0.429. The van der Waals surface area contributed by atoms with Crippen LogP contribution in [0.4, 0.5) is 0 Å². The molecule has 0 saturated carbocycles. The van der Waals surface area contributed by atoms with Crippen molar-refractivity contribution in [3.63, 3.8) is 0 Å². The van der Waals surface area contributed by atoms with Crippen molar-refractivity contribution in [1.29, 1.82) is 0 Å². The molecule has 0 aromatic carbocycles. The highest BCUT2D eigenvalue weighted by Gasteiger charge is 2.52. The van der Waals surface area contributed by atoms with Crippen molar-refractivity contribution in [2.75, 3.05) is 19.8 Å². The molecule has 0 aliphatic heterocycles. The molecule has 0 heterocycles. The lowest BCUT2D eigenvalue weighted by Crippen LogP contribution is -2.44. The third kappa shape index (κ3) is 4.06. The van der Waals surface area contributed by atoms with E-state index in [0.717, 1.165) is 0 Å². The highest BCUT2D eigenvalue weighted by atomic mass is 31.5. The summed E-state index contributed by atoms with van der Waals surface area (Å²) in [5.41, 5.74) is 0. The summed E-state index contributed by atoms with van der Waals surface area (Å²) in [7, 11) is -4.84. The Morgan fingerprint density at radius 1 is 1.00 bits per heavy atom. The molecular weight excluding hydrogens is 243 g/mol. The fraction of sp³-hybridized carbons (Fsp3) is 1.00. The molecule has 0 spiro atoms. The number of hydrogen-bond donors (Lipinski definition) is 0. The van der Waals surface area contributed by atoms with E-state index >= 15 is 0 Å². The molecule has 16 heavy (non-hydrogen) atoms. The van der Waals surface area contributed by atoms with Gasteiger partial charge in [-0.2, -0.15) is 0 Å². The summed E-state index contributed by atoms with van der Waals surface area (Å²) in [4.78, 5) is 12.9. The first-order chi connectivity index (χ1) is 7.33. The van der Waals surface area contributed by atoms with Crippen molar-refractivity contribution in [1.82, 2.24) is 0 Å². The summed E-state index contributed by atoms with van der Waals surface area (Å²) in [6.07, 6.45) is 0. The molecule has 6 heteroatoms. The van der Waals surface area contributed by atoms with Crippen LogP contribution in [0.15, 0.2) is 0 Å². The van der Waals surface area contributed by atoms with E-state index in [1.165, 1.54) is 0 Å². The Hall–Kier alpha value is 0.487. The fourth-order valence-corrected chi connectivity index (χ4v) is 7.40. The highest BCUT2D eigenvalue weighted by Crippen LogP contribution is 2.64. The van der Waals surface area contributed by atoms with E-state index in [0.29, 0.717) is 19.8 Å². The van der Waals surface area contributed by atoms with Crippen LogP contribution in [0.3, 0.4) is 0 Å². The Balaban J connectivity index is 4.95. The normalized spacial score (nSPS) is 16.5. The van der Waals surface area contributed by atoms with Crippen LogP contribution in [0.2, 0.25) is 19.6 Å². The fourth-order valence-electron chi connectivity index (χ4n) is 1.29. The van der Waals surface area contributed by atoms with Crippen molar-refractivity contribution >= 4 is 15.0 Å². The number of ether oxygens (including phenoxy) is 2. The second-order valence-electron chi connectivity index (χ2n) is 4.40. The average molecular weight is 268 g/mol. The zero-order chi connectivity index (χ0) is 12.8. The molecule has 0 rings (SSSR count). The van der Waals surface area contributed by atoms with E-state index < -0.39 is 21.0 Å². The van der Waals surface area contributed by atoms with Crippen molar-refractivity contribution in [3.05, 3.63) is 0 Å². The Morgan fingerprint density at radius 3 is 1.69 bits per heavy atom. The minimum atomic E-state index is -2.85. The van der Waals surface area contributed by atoms with Crippen LogP contribution in [0, 0.1) is 0 Å². The van der Waals surface area contributed by atoms with E-state index in [-0.39, 0.29) is 0 Å². The average Bonchev–Trinajstić information content (AvgIpc) is 2.16. The third-order valence-corrected chi connectivity index (χ3v) is 12.1. The van der Waals surface area contributed by atoms with E-state index in [4.69, 9.17) is 14.0 Å². The van der Waals surface area contributed by atoms with Gasteiger partial charge in [-0.25, -0.2) is 0 Å². The highest BCUT2D eigenvalue weighted by molar-refractivity contribution is 7.99. The van der Waals surface area contributed by atoms with Gasteiger partial charge in [0.15, 0.2) is 0 Å². The summed E-state index contributed by atoms with van der Waals surface area (Å²) in [5, 5.41) is 0. The maximum absolute atomic E-state index is 12.9. The summed E-state index contributed by atoms with van der Waals surface area (Å²) >= 11 is 0. The number of rotatable bonds is 8. The van der Waals surface area contributed by atoms with Crippen molar-refractivity contribution in [2.45, 2.75) is 46.4 Å². The first-order valence-corrected chi connectivity index (χ1v) is 11.8. The van der Waals surface area contributed by atoms with Gasteiger partial charge in [0.1, 0.15) is 7.26 Å². The molecule has 0 bridgehead atoms. The molecule has 4 nitrogen and oxygen atoms in total. The van der Waals surface area contributed by atoms with E-state index in [1.807, 2.05) is 40.4 Å².